The van der Waals surface area contributed by atoms with Gasteiger partial charge in [-0.3, -0.25) is 4.79 Å². The van der Waals surface area contributed by atoms with Crippen LogP contribution in [0.2, 0.25) is 0 Å². The monoisotopic (exact) mass is 216 g/mol. The minimum absolute atomic E-state index is 0.298. The number of nitrogens with zero attached hydrogens (tertiary/aromatic N) is 2. The summed E-state index contributed by atoms with van der Waals surface area (Å²) in [6.07, 6.45) is 0.668. The summed E-state index contributed by atoms with van der Waals surface area (Å²) < 4.78 is 0. The number of ketones is 1. The van der Waals surface area contributed by atoms with Crippen molar-refractivity contribution in [3.05, 3.63) is 29.8 Å². The van der Waals surface area contributed by atoms with Gasteiger partial charge in [-0.15, -0.1) is 0 Å². The third-order valence-electron chi connectivity index (χ3n) is 3.62. The van der Waals surface area contributed by atoms with E-state index in [1.54, 1.807) is 0 Å². The molecule has 0 radical (unpaired) electrons. The summed E-state index contributed by atoms with van der Waals surface area (Å²) in [5.74, 6) is 0.298. The molecule has 2 heterocycles. The molecule has 1 unspecified atom stereocenters. The Hall–Kier alpha value is -1.35. The molecule has 3 heteroatoms. The van der Waals surface area contributed by atoms with E-state index in [0.717, 1.165) is 30.9 Å². The van der Waals surface area contributed by atoms with Gasteiger partial charge in [0, 0.05) is 43.3 Å². The number of piperazine rings is 1. The highest BCUT2D eigenvalue weighted by atomic mass is 16.1. The molecule has 2 aliphatic heterocycles. The number of anilines is 1. The first-order valence-corrected chi connectivity index (χ1v) is 5.83. The van der Waals surface area contributed by atoms with E-state index in [-0.39, 0.29) is 0 Å². The third kappa shape index (κ3) is 1.43. The second kappa shape index (κ2) is 3.59. The van der Waals surface area contributed by atoms with E-state index < -0.39 is 0 Å². The molecule has 0 aliphatic carbocycles. The van der Waals surface area contributed by atoms with E-state index in [9.17, 15) is 4.79 Å². The lowest BCUT2D eigenvalue weighted by Gasteiger charge is -2.44. The van der Waals surface area contributed by atoms with E-state index >= 15 is 0 Å². The maximum atomic E-state index is 12.0. The van der Waals surface area contributed by atoms with Gasteiger partial charge in [0.05, 0.1) is 0 Å². The molecule has 1 aromatic carbocycles. The molecule has 0 saturated carbocycles. The Balaban J connectivity index is 2.01. The molecule has 16 heavy (non-hydrogen) atoms. The van der Waals surface area contributed by atoms with Crippen molar-refractivity contribution in [1.82, 2.24) is 4.90 Å². The number of carbonyl (C=O) groups is 1. The summed E-state index contributed by atoms with van der Waals surface area (Å²) in [7, 11) is 2.13. The van der Waals surface area contributed by atoms with E-state index in [1.807, 2.05) is 18.2 Å². The first-order valence-electron chi connectivity index (χ1n) is 5.83. The fourth-order valence-electron chi connectivity index (χ4n) is 2.79. The van der Waals surface area contributed by atoms with Crippen molar-refractivity contribution in [2.75, 3.05) is 31.6 Å². The molecule has 0 aromatic heterocycles. The highest BCUT2D eigenvalue weighted by molar-refractivity contribution is 6.03. The zero-order valence-electron chi connectivity index (χ0n) is 9.52. The lowest BCUT2D eigenvalue weighted by atomic mass is 9.93. The van der Waals surface area contributed by atoms with Crippen molar-refractivity contribution in [2.45, 2.75) is 12.5 Å². The molecule has 3 rings (SSSR count). The number of carbonyl (C=O) groups excluding carboxylic acids is 1. The molecule has 3 nitrogen and oxygen atoms in total. The lowest BCUT2D eigenvalue weighted by molar-refractivity contribution is 0.0950. The molecule has 0 bridgehead atoms. The second-order valence-corrected chi connectivity index (χ2v) is 4.75. The van der Waals surface area contributed by atoms with Crippen LogP contribution in [-0.2, 0) is 0 Å². The Morgan fingerprint density at radius 2 is 2.06 bits per heavy atom. The van der Waals surface area contributed by atoms with Gasteiger partial charge in [0.2, 0.25) is 0 Å². The molecule has 1 fully saturated rings. The number of fused-ring (bicyclic) bond motifs is 3. The van der Waals surface area contributed by atoms with Crippen LogP contribution in [0.3, 0.4) is 0 Å². The van der Waals surface area contributed by atoms with Gasteiger partial charge in [-0.05, 0) is 19.2 Å². The molecule has 0 spiro atoms. The topological polar surface area (TPSA) is 23.6 Å². The standard InChI is InChI=1S/C13H16N2O/c1-14-6-7-15-10(9-14)8-13(16)11-4-2-3-5-12(11)15/h2-5,10H,6-9H2,1H3. The van der Waals surface area contributed by atoms with Crippen molar-refractivity contribution in [3.8, 4) is 0 Å². The van der Waals surface area contributed by atoms with Gasteiger partial charge in [-0.2, -0.15) is 0 Å². The van der Waals surface area contributed by atoms with Gasteiger partial charge in [-0.1, -0.05) is 12.1 Å². The number of para-hydroxylation sites is 1. The van der Waals surface area contributed by atoms with Crippen LogP contribution in [0.5, 0.6) is 0 Å². The first kappa shape index (κ1) is 9.85. The molecular weight excluding hydrogens is 200 g/mol. The number of benzene rings is 1. The summed E-state index contributed by atoms with van der Waals surface area (Å²) in [6, 6.07) is 8.37. The van der Waals surface area contributed by atoms with Crippen molar-refractivity contribution in [2.24, 2.45) is 0 Å². The summed E-state index contributed by atoms with van der Waals surface area (Å²) in [6.45, 7) is 3.12. The average molecular weight is 216 g/mol. The molecule has 1 aromatic rings. The van der Waals surface area contributed by atoms with Crippen molar-refractivity contribution >= 4 is 11.5 Å². The Labute approximate surface area is 95.7 Å². The predicted molar refractivity (Wildman–Crippen MR) is 64.0 cm³/mol. The lowest BCUT2D eigenvalue weighted by Crippen LogP contribution is -2.54. The number of likely N-dealkylation sites (N-methyl/N-ethyl adjacent to an activating group) is 1. The fraction of sp³-hybridized carbons (Fsp3) is 0.462. The quantitative estimate of drug-likeness (QED) is 0.655. The molecule has 84 valence electrons. The average Bonchev–Trinajstić information content (AvgIpc) is 2.29. The fourth-order valence-corrected chi connectivity index (χ4v) is 2.79. The second-order valence-electron chi connectivity index (χ2n) is 4.75. The Kier molecular flexibility index (Phi) is 2.21. The summed E-state index contributed by atoms with van der Waals surface area (Å²) in [4.78, 5) is 16.7. The number of Topliss-reactive ketones (excluding diaryl/α,β-unsaturated/α-hetero) is 1. The first-order chi connectivity index (χ1) is 7.75. The van der Waals surface area contributed by atoms with Crippen molar-refractivity contribution < 1.29 is 4.79 Å². The van der Waals surface area contributed by atoms with Crippen LogP contribution in [0.1, 0.15) is 16.8 Å². The number of rotatable bonds is 0. The Morgan fingerprint density at radius 1 is 1.25 bits per heavy atom. The van der Waals surface area contributed by atoms with Crippen molar-refractivity contribution in [3.63, 3.8) is 0 Å². The summed E-state index contributed by atoms with van der Waals surface area (Å²) >= 11 is 0. The van der Waals surface area contributed by atoms with Crippen LogP contribution in [-0.4, -0.2) is 43.4 Å². The molecule has 0 N–H and O–H groups in total. The summed E-state index contributed by atoms with van der Waals surface area (Å²) in [5.41, 5.74) is 2.04. The molecule has 1 atom stereocenters. The molecule has 1 saturated heterocycles. The maximum absolute atomic E-state index is 12.0. The highest BCUT2D eigenvalue weighted by Crippen LogP contribution is 2.31. The van der Waals surface area contributed by atoms with Gasteiger partial charge >= 0.3 is 0 Å². The van der Waals surface area contributed by atoms with Gasteiger partial charge in [0.1, 0.15) is 0 Å². The predicted octanol–water partition coefficient (Wildman–Crippen LogP) is 1.39. The zero-order chi connectivity index (χ0) is 11.1. The minimum atomic E-state index is 0.298. The SMILES string of the molecule is CN1CCN2c3ccccc3C(=O)CC2C1. The minimum Gasteiger partial charge on any atom is -0.365 e. The van der Waals surface area contributed by atoms with E-state index in [1.165, 1.54) is 0 Å². The van der Waals surface area contributed by atoms with E-state index in [0.29, 0.717) is 18.2 Å². The smallest absolute Gasteiger partial charge is 0.167 e. The normalized spacial score (nSPS) is 25.2. The van der Waals surface area contributed by atoms with Crippen LogP contribution in [0.25, 0.3) is 0 Å². The van der Waals surface area contributed by atoms with E-state index in [2.05, 4.69) is 22.9 Å². The molecule has 0 amide bonds. The van der Waals surface area contributed by atoms with Crippen LogP contribution in [0, 0.1) is 0 Å². The number of hydrogen-bond donors (Lipinski definition) is 0. The Morgan fingerprint density at radius 3 is 2.94 bits per heavy atom. The van der Waals surface area contributed by atoms with Crippen molar-refractivity contribution in [1.29, 1.82) is 0 Å². The van der Waals surface area contributed by atoms with Crippen LogP contribution >= 0.6 is 0 Å². The Bertz CT molecular complexity index is 430. The van der Waals surface area contributed by atoms with Crippen LogP contribution < -0.4 is 4.90 Å². The number of hydrogen-bond acceptors (Lipinski definition) is 3. The molecular formula is C13H16N2O. The zero-order valence-corrected chi connectivity index (χ0v) is 9.52. The highest BCUT2D eigenvalue weighted by Gasteiger charge is 2.33. The third-order valence-corrected chi connectivity index (χ3v) is 3.62. The van der Waals surface area contributed by atoms with Gasteiger partial charge in [-0.25, -0.2) is 0 Å². The van der Waals surface area contributed by atoms with E-state index in [4.69, 9.17) is 0 Å². The van der Waals surface area contributed by atoms with Gasteiger partial charge in [0.25, 0.3) is 0 Å². The van der Waals surface area contributed by atoms with Crippen LogP contribution in [0.15, 0.2) is 24.3 Å². The van der Waals surface area contributed by atoms with Gasteiger partial charge in [0.15, 0.2) is 5.78 Å². The summed E-state index contributed by atoms with van der Waals surface area (Å²) in [5, 5.41) is 0. The maximum Gasteiger partial charge on any atom is 0.167 e. The molecule has 2 aliphatic rings. The van der Waals surface area contributed by atoms with Crippen LogP contribution in [0.4, 0.5) is 5.69 Å². The van der Waals surface area contributed by atoms with Gasteiger partial charge < -0.3 is 9.80 Å². The largest absolute Gasteiger partial charge is 0.365 e.